The van der Waals surface area contributed by atoms with Crippen molar-refractivity contribution < 1.29 is 19.8 Å². The van der Waals surface area contributed by atoms with E-state index in [9.17, 15) is 9.59 Å². The van der Waals surface area contributed by atoms with Crippen molar-refractivity contribution >= 4 is 36.1 Å². The molecule has 0 saturated carbocycles. The summed E-state index contributed by atoms with van der Waals surface area (Å²) in [5.74, 6) is -1.34. The molecule has 0 saturated heterocycles. The van der Waals surface area contributed by atoms with E-state index in [2.05, 4.69) is 0 Å². The molecule has 0 aliphatic heterocycles. The predicted octanol–water partition coefficient (Wildman–Crippen LogP) is -0.645. The Morgan fingerprint density at radius 3 is 2.00 bits per heavy atom. The number of rotatable bonds is 7. The Morgan fingerprint density at radius 1 is 1.13 bits per heavy atom. The quantitative estimate of drug-likeness (QED) is 0.447. The molecule has 90 valence electrons. The summed E-state index contributed by atoms with van der Waals surface area (Å²) in [4.78, 5) is 20.6. The van der Waals surface area contributed by atoms with Gasteiger partial charge in [-0.2, -0.15) is 11.8 Å². The van der Waals surface area contributed by atoms with E-state index in [4.69, 9.17) is 21.7 Å². The van der Waals surface area contributed by atoms with Gasteiger partial charge in [-0.25, -0.2) is 0 Å². The van der Waals surface area contributed by atoms with E-state index in [0.717, 1.165) is 0 Å². The van der Waals surface area contributed by atoms with Crippen LogP contribution in [-0.2, 0) is 9.59 Å². The van der Waals surface area contributed by atoms with Gasteiger partial charge in [-0.05, 0) is 12.2 Å². The van der Waals surface area contributed by atoms with Gasteiger partial charge in [0, 0.05) is 5.75 Å². The Labute approximate surface area is 97.8 Å². The summed E-state index contributed by atoms with van der Waals surface area (Å²) < 4.78 is 0. The molecule has 0 fully saturated rings. The van der Waals surface area contributed by atoms with Gasteiger partial charge in [0.1, 0.15) is 12.1 Å². The van der Waals surface area contributed by atoms with E-state index in [-0.39, 0.29) is 18.2 Å². The molecule has 8 heteroatoms. The maximum atomic E-state index is 10.3. The molecule has 6 N–H and O–H groups in total. The number of hydrogen-bond donors (Lipinski definition) is 4. The summed E-state index contributed by atoms with van der Waals surface area (Å²) in [6.45, 7) is 0. The Balaban J connectivity index is 0. The van der Waals surface area contributed by atoms with Gasteiger partial charge < -0.3 is 21.7 Å². The SMILES string of the molecule is Cl.N[C@@H](CCSC[C@H](N)C(=O)O)C(=O)O. The minimum absolute atomic E-state index is 0. The minimum Gasteiger partial charge on any atom is -0.480 e. The van der Waals surface area contributed by atoms with Crippen LogP contribution in [0.4, 0.5) is 0 Å². The van der Waals surface area contributed by atoms with Gasteiger partial charge in [0.25, 0.3) is 0 Å². The first-order valence-corrected chi connectivity index (χ1v) is 5.15. The molecule has 0 aliphatic carbocycles. The molecule has 6 nitrogen and oxygen atoms in total. The van der Waals surface area contributed by atoms with Crippen LogP contribution < -0.4 is 11.5 Å². The maximum Gasteiger partial charge on any atom is 0.321 e. The van der Waals surface area contributed by atoms with Crippen LogP contribution in [0, 0.1) is 0 Å². The van der Waals surface area contributed by atoms with Crippen molar-refractivity contribution in [3.05, 3.63) is 0 Å². The van der Waals surface area contributed by atoms with Gasteiger partial charge in [-0.15, -0.1) is 12.4 Å². The average Bonchev–Trinajstić information content (AvgIpc) is 2.11. The first kappa shape index (κ1) is 16.9. The van der Waals surface area contributed by atoms with Crippen molar-refractivity contribution in [1.82, 2.24) is 0 Å². The highest BCUT2D eigenvalue weighted by atomic mass is 35.5. The van der Waals surface area contributed by atoms with E-state index in [1.807, 2.05) is 0 Å². The van der Waals surface area contributed by atoms with Crippen molar-refractivity contribution in [2.45, 2.75) is 18.5 Å². The molecule has 0 rings (SSSR count). The fourth-order valence-corrected chi connectivity index (χ4v) is 1.60. The Hall–Kier alpha value is -0.500. The summed E-state index contributed by atoms with van der Waals surface area (Å²) in [5.41, 5.74) is 10.5. The second kappa shape index (κ2) is 8.78. The molecule has 0 heterocycles. The maximum absolute atomic E-state index is 10.3. The first-order chi connectivity index (χ1) is 6.45. The second-order valence-corrected chi connectivity index (χ2v) is 3.90. The molecular weight excluding hydrogens is 244 g/mol. The van der Waals surface area contributed by atoms with Crippen molar-refractivity contribution in [3.8, 4) is 0 Å². The molecule has 2 atom stereocenters. The number of aliphatic carboxylic acids is 2. The molecule has 15 heavy (non-hydrogen) atoms. The summed E-state index contributed by atoms with van der Waals surface area (Å²) in [6, 6.07) is -1.79. The summed E-state index contributed by atoms with van der Waals surface area (Å²) in [6.07, 6.45) is 0.312. The number of carbonyl (C=O) groups is 2. The van der Waals surface area contributed by atoms with Crippen LogP contribution in [0.2, 0.25) is 0 Å². The van der Waals surface area contributed by atoms with Crippen LogP contribution in [0.15, 0.2) is 0 Å². The lowest BCUT2D eigenvalue weighted by Crippen LogP contribution is -2.33. The number of carboxylic acids is 2. The number of carboxylic acid groups (broad SMARTS) is 2. The predicted molar refractivity (Wildman–Crippen MR) is 60.4 cm³/mol. The molecule has 0 spiro atoms. The van der Waals surface area contributed by atoms with E-state index in [1.165, 1.54) is 11.8 Å². The van der Waals surface area contributed by atoms with E-state index in [0.29, 0.717) is 12.2 Å². The molecule has 0 unspecified atom stereocenters. The van der Waals surface area contributed by atoms with Gasteiger partial charge in [0.15, 0.2) is 0 Å². The molecule has 0 radical (unpaired) electrons. The molecular formula is C7H15ClN2O4S. The van der Waals surface area contributed by atoms with Crippen LogP contribution in [0.1, 0.15) is 6.42 Å². The summed E-state index contributed by atoms with van der Waals surface area (Å²) in [5, 5.41) is 16.8. The largest absolute Gasteiger partial charge is 0.480 e. The van der Waals surface area contributed by atoms with E-state index < -0.39 is 24.0 Å². The van der Waals surface area contributed by atoms with Crippen molar-refractivity contribution in [3.63, 3.8) is 0 Å². The average molecular weight is 259 g/mol. The molecule has 0 aliphatic rings. The standard InChI is InChI=1S/C7H14N2O4S.ClH/c8-4(6(10)11)1-2-14-3-5(9)7(12)13;/h4-5H,1-3,8-9H2,(H,10,11)(H,12,13);1H/t4-,5-;/m0./s1. The normalized spacial score (nSPS) is 13.7. The summed E-state index contributed by atoms with van der Waals surface area (Å²) >= 11 is 1.29. The fourth-order valence-electron chi connectivity index (χ4n) is 0.615. The zero-order valence-corrected chi connectivity index (χ0v) is 9.59. The lowest BCUT2D eigenvalue weighted by atomic mass is 10.2. The minimum atomic E-state index is -1.06. The van der Waals surface area contributed by atoms with Gasteiger partial charge in [0.2, 0.25) is 0 Å². The van der Waals surface area contributed by atoms with Crippen LogP contribution in [0.25, 0.3) is 0 Å². The van der Waals surface area contributed by atoms with Crippen molar-refractivity contribution in [2.75, 3.05) is 11.5 Å². The number of hydrogen-bond acceptors (Lipinski definition) is 5. The Bertz CT molecular complexity index is 195. The van der Waals surface area contributed by atoms with Crippen LogP contribution in [-0.4, -0.2) is 45.7 Å². The van der Waals surface area contributed by atoms with E-state index in [1.54, 1.807) is 0 Å². The third kappa shape index (κ3) is 8.49. The Kier molecular flexibility index (Phi) is 9.90. The highest BCUT2D eigenvalue weighted by Gasteiger charge is 2.13. The lowest BCUT2D eigenvalue weighted by molar-refractivity contribution is -0.139. The molecule has 0 aromatic carbocycles. The number of nitrogens with two attached hydrogens (primary N) is 2. The highest BCUT2D eigenvalue weighted by Crippen LogP contribution is 2.05. The first-order valence-electron chi connectivity index (χ1n) is 3.99. The van der Waals surface area contributed by atoms with E-state index >= 15 is 0 Å². The van der Waals surface area contributed by atoms with Crippen LogP contribution in [0.3, 0.4) is 0 Å². The van der Waals surface area contributed by atoms with Crippen LogP contribution >= 0.6 is 24.2 Å². The molecule has 0 aromatic rings. The molecule has 0 bridgehead atoms. The highest BCUT2D eigenvalue weighted by molar-refractivity contribution is 7.99. The van der Waals surface area contributed by atoms with Crippen LogP contribution in [0.5, 0.6) is 0 Å². The fraction of sp³-hybridized carbons (Fsp3) is 0.714. The smallest absolute Gasteiger partial charge is 0.321 e. The zero-order valence-electron chi connectivity index (χ0n) is 7.96. The second-order valence-electron chi connectivity index (χ2n) is 2.75. The Morgan fingerprint density at radius 2 is 1.60 bits per heavy atom. The zero-order chi connectivity index (χ0) is 11.1. The van der Waals surface area contributed by atoms with Gasteiger partial charge in [-0.3, -0.25) is 9.59 Å². The lowest BCUT2D eigenvalue weighted by Gasteiger charge is -2.07. The number of thioether (sulfide) groups is 1. The molecule has 0 amide bonds. The van der Waals surface area contributed by atoms with Crippen molar-refractivity contribution in [2.24, 2.45) is 11.5 Å². The summed E-state index contributed by atoms with van der Waals surface area (Å²) in [7, 11) is 0. The third-order valence-corrected chi connectivity index (χ3v) is 2.62. The van der Waals surface area contributed by atoms with Gasteiger partial charge >= 0.3 is 11.9 Å². The van der Waals surface area contributed by atoms with Crippen molar-refractivity contribution in [1.29, 1.82) is 0 Å². The topological polar surface area (TPSA) is 127 Å². The van der Waals surface area contributed by atoms with Gasteiger partial charge in [0.05, 0.1) is 0 Å². The third-order valence-electron chi connectivity index (χ3n) is 1.50. The number of halogens is 1. The monoisotopic (exact) mass is 258 g/mol. The molecule has 0 aromatic heterocycles. The van der Waals surface area contributed by atoms with Gasteiger partial charge in [-0.1, -0.05) is 0 Å².